The van der Waals surface area contributed by atoms with E-state index >= 15 is 0 Å². The van der Waals surface area contributed by atoms with Crippen molar-refractivity contribution in [2.75, 3.05) is 6.61 Å². The molecule has 0 aliphatic rings. The third-order valence-electron chi connectivity index (χ3n) is 3.63. The molecule has 0 fully saturated rings. The predicted octanol–water partition coefficient (Wildman–Crippen LogP) is 3.07. The van der Waals surface area contributed by atoms with E-state index in [9.17, 15) is 9.59 Å². The SMILES string of the molecule is CC(C)COC(=O)[C@H](Cc1ccc2nc(C#N)[nH]c2c1)NC(=O)OC(C)(C)C. The Hall–Kier alpha value is -3.08. The van der Waals surface area contributed by atoms with Crippen LogP contribution in [-0.4, -0.2) is 40.3 Å². The standard InChI is InChI=1S/C20H26N4O4/c1-12(2)11-27-18(25)16(24-19(26)28-20(3,4)5)9-13-6-7-14-15(8-13)23-17(10-21)22-14/h6-8,12,16H,9,11H2,1-5H3,(H,22,23)(H,24,26)/t16-/m0/s1. The highest BCUT2D eigenvalue weighted by molar-refractivity contribution is 5.82. The van der Waals surface area contributed by atoms with Gasteiger partial charge in [0.25, 0.3) is 0 Å². The van der Waals surface area contributed by atoms with Crippen molar-refractivity contribution in [1.29, 1.82) is 5.26 Å². The van der Waals surface area contributed by atoms with Crippen molar-refractivity contribution >= 4 is 23.1 Å². The smallest absolute Gasteiger partial charge is 0.408 e. The minimum Gasteiger partial charge on any atom is -0.464 e. The lowest BCUT2D eigenvalue weighted by Crippen LogP contribution is -2.45. The second kappa shape index (κ2) is 8.74. The Kier molecular flexibility index (Phi) is 6.62. The largest absolute Gasteiger partial charge is 0.464 e. The number of amides is 1. The fourth-order valence-corrected chi connectivity index (χ4v) is 2.46. The third kappa shape index (κ3) is 6.27. The molecule has 0 saturated carbocycles. The highest BCUT2D eigenvalue weighted by Gasteiger charge is 2.26. The highest BCUT2D eigenvalue weighted by Crippen LogP contribution is 2.16. The number of hydrogen-bond donors (Lipinski definition) is 2. The Morgan fingerprint density at radius 3 is 2.64 bits per heavy atom. The molecule has 1 amide bonds. The van der Waals surface area contributed by atoms with Gasteiger partial charge in [-0.2, -0.15) is 5.26 Å². The predicted molar refractivity (Wildman–Crippen MR) is 103 cm³/mol. The van der Waals surface area contributed by atoms with Crippen molar-refractivity contribution in [3.8, 4) is 6.07 Å². The number of fused-ring (bicyclic) bond motifs is 1. The Morgan fingerprint density at radius 2 is 2.04 bits per heavy atom. The number of aromatic nitrogens is 2. The van der Waals surface area contributed by atoms with Gasteiger partial charge >= 0.3 is 12.1 Å². The zero-order valence-electron chi connectivity index (χ0n) is 16.8. The Morgan fingerprint density at radius 1 is 1.32 bits per heavy atom. The molecule has 0 spiro atoms. The maximum Gasteiger partial charge on any atom is 0.408 e. The van der Waals surface area contributed by atoms with Gasteiger partial charge in [-0.1, -0.05) is 19.9 Å². The summed E-state index contributed by atoms with van der Waals surface area (Å²) in [5, 5.41) is 11.6. The molecule has 8 heteroatoms. The van der Waals surface area contributed by atoms with Crippen LogP contribution in [0.5, 0.6) is 0 Å². The van der Waals surface area contributed by atoms with Crippen molar-refractivity contribution < 1.29 is 19.1 Å². The number of alkyl carbamates (subject to hydrolysis) is 1. The van der Waals surface area contributed by atoms with Gasteiger partial charge in [-0.3, -0.25) is 0 Å². The number of benzene rings is 1. The molecule has 150 valence electrons. The fourth-order valence-electron chi connectivity index (χ4n) is 2.46. The second-order valence-electron chi connectivity index (χ2n) is 7.98. The molecular formula is C20H26N4O4. The molecule has 0 saturated heterocycles. The summed E-state index contributed by atoms with van der Waals surface area (Å²) in [5.41, 5.74) is 1.43. The van der Waals surface area contributed by atoms with Gasteiger partial charge < -0.3 is 19.8 Å². The summed E-state index contributed by atoms with van der Waals surface area (Å²) >= 11 is 0. The number of carbonyl (C=O) groups is 2. The third-order valence-corrected chi connectivity index (χ3v) is 3.63. The zero-order chi connectivity index (χ0) is 20.9. The Bertz CT molecular complexity index is 890. The molecule has 8 nitrogen and oxygen atoms in total. The van der Waals surface area contributed by atoms with Gasteiger partial charge in [0, 0.05) is 6.42 Å². The monoisotopic (exact) mass is 386 g/mol. The molecule has 1 atom stereocenters. The highest BCUT2D eigenvalue weighted by atomic mass is 16.6. The number of nitrogens with one attached hydrogen (secondary N) is 2. The maximum absolute atomic E-state index is 12.5. The Balaban J connectivity index is 2.18. The minimum atomic E-state index is -0.899. The maximum atomic E-state index is 12.5. The van der Waals surface area contributed by atoms with E-state index in [0.29, 0.717) is 11.0 Å². The Labute approximate surface area is 164 Å². The quantitative estimate of drug-likeness (QED) is 0.737. The van der Waals surface area contributed by atoms with Gasteiger partial charge in [0.1, 0.15) is 17.7 Å². The van der Waals surface area contributed by atoms with Gasteiger partial charge in [0.15, 0.2) is 0 Å². The summed E-state index contributed by atoms with van der Waals surface area (Å²) in [6.45, 7) is 9.37. The molecule has 1 aromatic carbocycles. The molecule has 1 aromatic heterocycles. The van der Waals surface area contributed by atoms with Crippen LogP contribution in [0.25, 0.3) is 11.0 Å². The lowest BCUT2D eigenvalue weighted by atomic mass is 10.1. The normalized spacial score (nSPS) is 12.5. The van der Waals surface area contributed by atoms with E-state index in [0.717, 1.165) is 5.56 Å². The number of H-pyrrole nitrogens is 1. The molecule has 2 aromatic rings. The van der Waals surface area contributed by atoms with E-state index in [-0.39, 0.29) is 24.8 Å². The summed E-state index contributed by atoms with van der Waals surface area (Å²) in [7, 11) is 0. The summed E-state index contributed by atoms with van der Waals surface area (Å²) in [6, 6.07) is 6.40. The number of rotatable bonds is 6. The van der Waals surface area contributed by atoms with Crippen molar-refractivity contribution in [3.05, 3.63) is 29.6 Å². The van der Waals surface area contributed by atoms with Crippen LogP contribution in [-0.2, 0) is 20.7 Å². The van der Waals surface area contributed by atoms with Crippen molar-refractivity contribution in [2.24, 2.45) is 5.92 Å². The molecule has 2 N–H and O–H groups in total. The first-order valence-corrected chi connectivity index (χ1v) is 9.12. The summed E-state index contributed by atoms with van der Waals surface area (Å²) in [5.74, 6) is -0.134. The van der Waals surface area contributed by atoms with Crippen molar-refractivity contribution in [1.82, 2.24) is 15.3 Å². The number of aromatic amines is 1. The zero-order valence-corrected chi connectivity index (χ0v) is 16.8. The minimum absolute atomic E-state index is 0.178. The van der Waals surface area contributed by atoms with E-state index in [4.69, 9.17) is 14.7 Å². The van der Waals surface area contributed by atoms with E-state index in [1.165, 1.54) is 0 Å². The van der Waals surface area contributed by atoms with Crippen molar-refractivity contribution in [3.63, 3.8) is 0 Å². The number of esters is 1. The summed E-state index contributed by atoms with van der Waals surface area (Å²) in [6.07, 6.45) is -0.471. The lowest BCUT2D eigenvalue weighted by Gasteiger charge is -2.23. The van der Waals surface area contributed by atoms with Crippen LogP contribution in [0.1, 0.15) is 46.0 Å². The van der Waals surface area contributed by atoms with Gasteiger partial charge in [-0.15, -0.1) is 0 Å². The van der Waals surface area contributed by atoms with Crippen LogP contribution in [0.15, 0.2) is 18.2 Å². The first-order chi connectivity index (χ1) is 13.1. The lowest BCUT2D eigenvalue weighted by molar-refractivity contribution is -0.147. The average Bonchev–Trinajstić information content (AvgIpc) is 2.99. The molecule has 0 bridgehead atoms. The molecule has 2 rings (SSSR count). The number of nitriles is 1. The molecule has 0 radical (unpaired) electrons. The van der Waals surface area contributed by atoms with Gasteiger partial charge in [-0.05, 0) is 44.4 Å². The van der Waals surface area contributed by atoms with Crippen LogP contribution in [0.4, 0.5) is 4.79 Å². The molecule has 0 aliphatic heterocycles. The molecule has 0 aliphatic carbocycles. The summed E-state index contributed by atoms with van der Waals surface area (Å²) in [4.78, 5) is 31.7. The number of ether oxygens (including phenoxy) is 2. The number of nitrogens with zero attached hydrogens (tertiary/aromatic N) is 2. The molecule has 0 unspecified atom stereocenters. The van der Waals surface area contributed by atoms with Crippen LogP contribution in [0.2, 0.25) is 0 Å². The van der Waals surface area contributed by atoms with Crippen LogP contribution in [0, 0.1) is 17.2 Å². The number of imidazole rings is 1. The van der Waals surface area contributed by atoms with Gasteiger partial charge in [0.05, 0.1) is 17.6 Å². The van der Waals surface area contributed by atoms with E-state index in [2.05, 4.69) is 15.3 Å². The van der Waals surface area contributed by atoms with E-state index in [1.807, 2.05) is 19.9 Å². The fraction of sp³-hybridized carbons (Fsp3) is 0.500. The van der Waals surface area contributed by atoms with Gasteiger partial charge in [-0.25, -0.2) is 14.6 Å². The second-order valence-corrected chi connectivity index (χ2v) is 7.98. The van der Waals surface area contributed by atoms with Crippen LogP contribution in [0.3, 0.4) is 0 Å². The first kappa shape index (κ1) is 21.2. The van der Waals surface area contributed by atoms with Crippen molar-refractivity contribution in [2.45, 2.75) is 52.7 Å². The van der Waals surface area contributed by atoms with Crippen LogP contribution < -0.4 is 5.32 Å². The molecule has 1 heterocycles. The van der Waals surface area contributed by atoms with Gasteiger partial charge in [0.2, 0.25) is 5.82 Å². The first-order valence-electron chi connectivity index (χ1n) is 9.12. The topological polar surface area (TPSA) is 117 Å². The molecule has 28 heavy (non-hydrogen) atoms. The summed E-state index contributed by atoms with van der Waals surface area (Å²) < 4.78 is 10.6. The number of carbonyl (C=O) groups excluding carboxylic acids is 2. The van der Waals surface area contributed by atoms with E-state index < -0.39 is 23.7 Å². The van der Waals surface area contributed by atoms with E-state index in [1.54, 1.807) is 39.0 Å². The number of hydrogen-bond acceptors (Lipinski definition) is 6. The molecular weight excluding hydrogens is 360 g/mol. The van der Waals surface area contributed by atoms with Crippen LogP contribution >= 0.6 is 0 Å². The average molecular weight is 386 g/mol.